The highest BCUT2D eigenvalue weighted by molar-refractivity contribution is 9.10. The zero-order valence-electron chi connectivity index (χ0n) is 8.54. The van der Waals surface area contributed by atoms with Gasteiger partial charge < -0.3 is 10.1 Å². The Balaban J connectivity index is 2.73. The van der Waals surface area contributed by atoms with Crippen LogP contribution in [0.2, 0.25) is 0 Å². The molecule has 0 unspecified atom stereocenters. The summed E-state index contributed by atoms with van der Waals surface area (Å²) < 4.78 is 6.28. The van der Waals surface area contributed by atoms with Crippen LogP contribution in [0.1, 0.15) is 13.8 Å². The number of hydrogen-bond acceptors (Lipinski definition) is 4. The van der Waals surface area contributed by atoms with E-state index in [9.17, 15) is 0 Å². The van der Waals surface area contributed by atoms with Gasteiger partial charge in [0.1, 0.15) is 0 Å². The van der Waals surface area contributed by atoms with Gasteiger partial charge in [0, 0.05) is 7.05 Å². The molecule has 1 rings (SSSR count). The first-order valence-corrected chi connectivity index (χ1v) is 5.26. The Morgan fingerprint density at radius 2 is 2.29 bits per heavy atom. The van der Waals surface area contributed by atoms with Gasteiger partial charge in [0.05, 0.1) is 17.3 Å². The number of ether oxygens (including phenoxy) is 1. The maximum absolute atomic E-state index is 5.50. The Hall–Kier alpha value is -0.840. The molecule has 1 aromatic heterocycles. The van der Waals surface area contributed by atoms with Crippen molar-refractivity contribution in [2.45, 2.75) is 13.8 Å². The molecule has 0 aliphatic rings. The summed E-state index contributed by atoms with van der Waals surface area (Å²) >= 11 is 3.33. The average molecular weight is 260 g/mol. The topological polar surface area (TPSA) is 47.0 Å². The van der Waals surface area contributed by atoms with E-state index in [1.54, 1.807) is 13.2 Å². The van der Waals surface area contributed by atoms with Crippen molar-refractivity contribution in [1.82, 2.24) is 9.97 Å². The molecule has 0 saturated carbocycles. The summed E-state index contributed by atoms with van der Waals surface area (Å²) in [6, 6.07) is 0. The second-order valence-electron chi connectivity index (χ2n) is 3.30. The van der Waals surface area contributed by atoms with Crippen LogP contribution in [0.5, 0.6) is 5.88 Å². The molecule has 0 radical (unpaired) electrons. The second-order valence-corrected chi connectivity index (χ2v) is 4.16. The summed E-state index contributed by atoms with van der Waals surface area (Å²) in [6.07, 6.45) is 1.68. The first-order valence-electron chi connectivity index (χ1n) is 4.46. The molecule has 0 atom stereocenters. The molecule has 5 heteroatoms. The normalized spacial score (nSPS) is 10.4. The molecule has 0 fully saturated rings. The smallest absolute Gasteiger partial charge is 0.232 e. The zero-order chi connectivity index (χ0) is 10.6. The third-order valence-electron chi connectivity index (χ3n) is 1.49. The minimum absolute atomic E-state index is 0.481. The molecule has 1 heterocycles. The van der Waals surface area contributed by atoms with Crippen molar-refractivity contribution < 1.29 is 4.74 Å². The quantitative estimate of drug-likeness (QED) is 0.902. The first kappa shape index (κ1) is 11.2. The van der Waals surface area contributed by atoms with Crippen LogP contribution in [0, 0.1) is 5.92 Å². The summed E-state index contributed by atoms with van der Waals surface area (Å²) in [4.78, 5) is 8.21. The van der Waals surface area contributed by atoms with Crippen molar-refractivity contribution in [1.29, 1.82) is 0 Å². The first-order chi connectivity index (χ1) is 6.63. The Labute approximate surface area is 92.2 Å². The number of nitrogens with zero attached hydrogens (tertiary/aromatic N) is 2. The van der Waals surface area contributed by atoms with Gasteiger partial charge in [0.25, 0.3) is 0 Å². The summed E-state index contributed by atoms with van der Waals surface area (Å²) in [5, 5.41) is 2.86. The summed E-state index contributed by atoms with van der Waals surface area (Å²) in [5.41, 5.74) is 0. The van der Waals surface area contributed by atoms with Crippen LogP contribution < -0.4 is 10.1 Å². The molecule has 0 aromatic carbocycles. The van der Waals surface area contributed by atoms with Gasteiger partial charge in [-0.25, -0.2) is 4.98 Å². The van der Waals surface area contributed by atoms with Gasteiger partial charge in [0.15, 0.2) is 0 Å². The highest BCUT2D eigenvalue weighted by atomic mass is 79.9. The SMILES string of the molecule is CNc1ncc(Br)c(OCC(C)C)n1. The van der Waals surface area contributed by atoms with Gasteiger partial charge in [-0.05, 0) is 21.8 Å². The van der Waals surface area contributed by atoms with E-state index in [4.69, 9.17) is 4.74 Å². The monoisotopic (exact) mass is 259 g/mol. The second kappa shape index (κ2) is 5.14. The van der Waals surface area contributed by atoms with Crippen molar-refractivity contribution in [3.63, 3.8) is 0 Å². The Kier molecular flexibility index (Phi) is 4.13. The average Bonchev–Trinajstić information content (AvgIpc) is 2.16. The lowest BCUT2D eigenvalue weighted by Crippen LogP contribution is -2.07. The molecule has 14 heavy (non-hydrogen) atoms. The number of hydrogen-bond donors (Lipinski definition) is 1. The minimum atomic E-state index is 0.481. The highest BCUT2D eigenvalue weighted by Gasteiger charge is 2.06. The van der Waals surface area contributed by atoms with E-state index in [1.807, 2.05) is 0 Å². The van der Waals surface area contributed by atoms with E-state index < -0.39 is 0 Å². The Morgan fingerprint density at radius 1 is 1.57 bits per heavy atom. The van der Waals surface area contributed by atoms with Gasteiger partial charge in [-0.3, -0.25) is 0 Å². The summed E-state index contributed by atoms with van der Waals surface area (Å²) in [7, 11) is 1.77. The van der Waals surface area contributed by atoms with Crippen molar-refractivity contribution >= 4 is 21.9 Å². The fourth-order valence-corrected chi connectivity index (χ4v) is 1.12. The third-order valence-corrected chi connectivity index (χ3v) is 2.03. The van der Waals surface area contributed by atoms with Crippen molar-refractivity contribution in [3.05, 3.63) is 10.7 Å². The van der Waals surface area contributed by atoms with E-state index in [0.717, 1.165) is 4.47 Å². The Morgan fingerprint density at radius 3 is 2.86 bits per heavy atom. The van der Waals surface area contributed by atoms with Crippen LogP contribution in [0.15, 0.2) is 10.7 Å². The standard InChI is InChI=1S/C9H14BrN3O/c1-6(2)5-14-8-7(10)4-12-9(11-3)13-8/h4,6H,5H2,1-3H3,(H,11,12,13). The third kappa shape index (κ3) is 3.14. The Bertz CT molecular complexity index is 304. The van der Waals surface area contributed by atoms with Crippen LogP contribution in [0.25, 0.3) is 0 Å². The molecule has 1 N–H and O–H groups in total. The summed E-state index contributed by atoms with van der Waals surface area (Å²) in [5.74, 6) is 1.62. The molecular weight excluding hydrogens is 246 g/mol. The lowest BCUT2D eigenvalue weighted by atomic mass is 10.2. The van der Waals surface area contributed by atoms with Gasteiger partial charge in [-0.1, -0.05) is 13.8 Å². The van der Waals surface area contributed by atoms with Crippen LogP contribution in [0.4, 0.5) is 5.95 Å². The molecule has 0 aliphatic carbocycles. The van der Waals surface area contributed by atoms with Crippen molar-refractivity contribution in [3.8, 4) is 5.88 Å². The van der Waals surface area contributed by atoms with Crippen LogP contribution in [-0.4, -0.2) is 23.6 Å². The maximum atomic E-state index is 5.50. The number of nitrogens with one attached hydrogen (secondary N) is 1. The lowest BCUT2D eigenvalue weighted by Gasteiger charge is -2.09. The largest absolute Gasteiger partial charge is 0.476 e. The van der Waals surface area contributed by atoms with E-state index in [2.05, 4.69) is 45.1 Å². The number of aromatic nitrogens is 2. The van der Waals surface area contributed by atoms with Gasteiger partial charge in [0.2, 0.25) is 11.8 Å². The summed E-state index contributed by atoms with van der Waals surface area (Å²) in [6.45, 7) is 4.83. The molecule has 78 valence electrons. The minimum Gasteiger partial charge on any atom is -0.476 e. The fourth-order valence-electron chi connectivity index (χ4n) is 0.819. The number of halogens is 1. The van der Waals surface area contributed by atoms with Crippen molar-refractivity contribution in [2.75, 3.05) is 19.0 Å². The molecule has 0 amide bonds. The van der Waals surface area contributed by atoms with E-state index in [1.165, 1.54) is 0 Å². The van der Waals surface area contributed by atoms with E-state index in [-0.39, 0.29) is 0 Å². The molecule has 0 aliphatic heterocycles. The van der Waals surface area contributed by atoms with E-state index >= 15 is 0 Å². The highest BCUT2D eigenvalue weighted by Crippen LogP contribution is 2.22. The van der Waals surface area contributed by atoms with Crippen LogP contribution in [-0.2, 0) is 0 Å². The molecule has 0 spiro atoms. The molecule has 0 bridgehead atoms. The van der Waals surface area contributed by atoms with Crippen LogP contribution >= 0.6 is 15.9 Å². The lowest BCUT2D eigenvalue weighted by molar-refractivity contribution is 0.259. The van der Waals surface area contributed by atoms with Gasteiger partial charge >= 0.3 is 0 Å². The number of anilines is 1. The zero-order valence-corrected chi connectivity index (χ0v) is 10.1. The maximum Gasteiger partial charge on any atom is 0.232 e. The van der Waals surface area contributed by atoms with Crippen LogP contribution in [0.3, 0.4) is 0 Å². The molecular formula is C9H14BrN3O. The van der Waals surface area contributed by atoms with Gasteiger partial charge in [-0.15, -0.1) is 0 Å². The predicted octanol–water partition coefficient (Wildman–Crippen LogP) is 2.32. The van der Waals surface area contributed by atoms with E-state index in [0.29, 0.717) is 24.4 Å². The van der Waals surface area contributed by atoms with Crippen molar-refractivity contribution in [2.24, 2.45) is 5.92 Å². The fraction of sp³-hybridized carbons (Fsp3) is 0.556. The molecule has 1 aromatic rings. The predicted molar refractivity (Wildman–Crippen MR) is 59.6 cm³/mol. The molecule has 4 nitrogen and oxygen atoms in total. The number of rotatable bonds is 4. The molecule has 0 saturated heterocycles. The van der Waals surface area contributed by atoms with Gasteiger partial charge in [-0.2, -0.15) is 4.98 Å².